The van der Waals surface area contributed by atoms with E-state index in [0.29, 0.717) is 16.4 Å². The van der Waals surface area contributed by atoms with Gasteiger partial charge in [0.05, 0.1) is 0 Å². The van der Waals surface area contributed by atoms with Crippen molar-refractivity contribution in [2.45, 2.75) is 6.54 Å². The van der Waals surface area contributed by atoms with E-state index in [9.17, 15) is 14.4 Å². The highest BCUT2D eigenvalue weighted by Gasteiger charge is 2.14. The Hall–Kier alpha value is -3.48. The minimum absolute atomic E-state index is 0.0201. The van der Waals surface area contributed by atoms with Crippen molar-refractivity contribution in [2.24, 2.45) is 0 Å². The molecule has 0 aliphatic carbocycles. The van der Waals surface area contributed by atoms with Crippen molar-refractivity contribution in [2.75, 3.05) is 0 Å². The number of aromatic nitrogens is 2. The van der Waals surface area contributed by atoms with Crippen LogP contribution in [0.2, 0.25) is 0 Å². The Morgan fingerprint density at radius 1 is 1.16 bits per heavy atom. The van der Waals surface area contributed by atoms with E-state index in [0.717, 1.165) is 5.56 Å². The molecule has 2 aromatic heterocycles. The first-order valence-corrected chi connectivity index (χ1v) is 7.46. The topological polar surface area (TPSA) is 78.2 Å². The van der Waals surface area contributed by atoms with Crippen LogP contribution in [0.5, 0.6) is 11.6 Å². The highest BCUT2D eigenvalue weighted by atomic mass is 19.1. The van der Waals surface area contributed by atoms with Gasteiger partial charge in [-0.1, -0.05) is 6.07 Å². The summed E-state index contributed by atoms with van der Waals surface area (Å²) >= 11 is 0. The molecule has 2 heterocycles. The third kappa shape index (κ3) is 4.29. The van der Waals surface area contributed by atoms with Gasteiger partial charge >= 0.3 is 5.91 Å². The summed E-state index contributed by atoms with van der Waals surface area (Å²) < 4.78 is 18.8. The van der Waals surface area contributed by atoms with Gasteiger partial charge in [-0.3, -0.25) is 4.79 Å². The molecule has 0 aliphatic heterocycles. The van der Waals surface area contributed by atoms with Crippen molar-refractivity contribution in [3.05, 3.63) is 89.3 Å². The van der Waals surface area contributed by atoms with Crippen molar-refractivity contribution in [1.29, 1.82) is 0 Å². The van der Waals surface area contributed by atoms with E-state index in [1.165, 1.54) is 36.5 Å². The summed E-state index contributed by atoms with van der Waals surface area (Å²) in [5, 5.41) is 14.2. The maximum Gasteiger partial charge on any atom is 0.317 e. The van der Waals surface area contributed by atoms with Gasteiger partial charge in [-0.15, -0.1) is 0 Å². The van der Waals surface area contributed by atoms with Crippen molar-refractivity contribution in [3.8, 4) is 11.6 Å². The summed E-state index contributed by atoms with van der Waals surface area (Å²) in [7, 11) is 0. The number of benzene rings is 1. The molecule has 0 unspecified atom stereocenters. The lowest BCUT2D eigenvalue weighted by molar-refractivity contribution is -0.607. The molecule has 0 fully saturated rings. The van der Waals surface area contributed by atoms with E-state index >= 15 is 0 Å². The van der Waals surface area contributed by atoms with Gasteiger partial charge in [0.25, 0.3) is 5.69 Å². The van der Waals surface area contributed by atoms with Crippen LogP contribution in [-0.2, 0) is 6.54 Å². The van der Waals surface area contributed by atoms with Gasteiger partial charge in [-0.2, -0.15) is 4.73 Å². The Morgan fingerprint density at radius 2 is 1.96 bits per heavy atom. The highest BCUT2D eigenvalue weighted by molar-refractivity contribution is 5.90. The van der Waals surface area contributed by atoms with Gasteiger partial charge in [0.15, 0.2) is 6.20 Å². The van der Waals surface area contributed by atoms with Crippen molar-refractivity contribution >= 4 is 5.91 Å². The first-order valence-electron chi connectivity index (χ1n) is 7.46. The molecule has 126 valence electrons. The molecule has 1 N–H and O–H groups in total. The van der Waals surface area contributed by atoms with Gasteiger partial charge in [-0.05, 0) is 35.9 Å². The van der Waals surface area contributed by atoms with E-state index in [-0.39, 0.29) is 18.1 Å². The monoisotopic (exact) mass is 339 g/mol. The molecule has 7 heteroatoms. The van der Waals surface area contributed by atoms with E-state index in [2.05, 4.69) is 10.3 Å². The van der Waals surface area contributed by atoms with Crippen molar-refractivity contribution in [3.63, 3.8) is 0 Å². The molecule has 3 rings (SSSR count). The molecule has 3 aromatic rings. The quantitative estimate of drug-likeness (QED) is 0.572. The molecule has 0 atom stereocenters. The molecule has 0 spiro atoms. The van der Waals surface area contributed by atoms with Crippen LogP contribution >= 0.6 is 0 Å². The molecule has 0 bridgehead atoms. The van der Waals surface area contributed by atoms with Crippen LogP contribution in [0.15, 0.2) is 67.0 Å². The number of amides is 1. The number of ether oxygens (including phenoxy) is 1. The summed E-state index contributed by atoms with van der Waals surface area (Å²) in [5.74, 6) is 0.00706. The van der Waals surface area contributed by atoms with E-state index in [1.807, 2.05) is 0 Å². The maximum atomic E-state index is 12.8. The Bertz CT molecular complexity index is 867. The Balaban J connectivity index is 1.58. The molecule has 1 aromatic carbocycles. The molecular formula is C18H14FN3O3. The molecule has 0 radical (unpaired) electrons. The molecule has 0 saturated heterocycles. The second kappa shape index (κ2) is 7.39. The van der Waals surface area contributed by atoms with Gasteiger partial charge in [0.2, 0.25) is 5.88 Å². The second-order valence-electron chi connectivity index (χ2n) is 5.16. The number of carbonyl (C=O) groups excluding carboxylic acids is 1. The minimum Gasteiger partial charge on any atom is -0.618 e. The smallest absolute Gasteiger partial charge is 0.317 e. The third-order valence-electron chi connectivity index (χ3n) is 3.34. The number of pyridine rings is 2. The normalized spacial score (nSPS) is 10.3. The first-order chi connectivity index (χ1) is 12.1. The van der Waals surface area contributed by atoms with Crippen LogP contribution in [0.25, 0.3) is 0 Å². The highest BCUT2D eigenvalue weighted by Crippen LogP contribution is 2.19. The summed E-state index contributed by atoms with van der Waals surface area (Å²) in [6.07, 6.45) is 2.81. The standard InChI is InChI=1S/C18H14FN3O3/c19-14-5-7-15(8-6-14)25-17-9-4-13(11-20-17)12-21-18(23)16-3-1-2-10-22(16)24/h1-11H,12H2,(H,21,23). The molecule has 25 heavy (non-hydrogen) atoms. The van der Waals surface area contributed by atoms with Crippen LogP contribution in [0.1, 0.15) is 16.1 Å². The number of nitrogens with zero attached hydrogens (tertiary/aromatic N) is 2. The fourth-order valence-electron chi connectivity index (χ4n) is 2.08. The lowest BCUT2D eigenvalue weighted by Crippen LogP contribution is -2.38. The zero-order valence-electron chi connectivity index (χ0n) is 13.1. The molecule has 0 aliphatic rings. The summed E-state index contributed by atoms with van der Waals surface area (Å²) in [6, 6.07) is 13.6. The Labute approximate surface area is 143 Å². The van der Waals surface area contributed by atoms with Crippen molar-refractivity contribution in [1.82, 2.24) is 10.3 Å². The number of nitrogens with one attached hydrogen (secondary N) is 1. The fraction of sp³-hybridized carbons (Fsp3) is 0.0556. The predicted octanol–water partition coefficient (Wildman–Crippen LogP) is 2.58. The number of carbonyl (C=O) groups is 1. The van der Waals surface area contributed by atoms with Crippen LogP contribution in [0.4, 0.5) is 4.39 Å². The lowest BCUT2D eigenvalue weighted by atomic mass is 10.2. The molecule has 0 saturated carbocycles. The maximum absolute atomic E-state index is 12.8. The van der Waals surface area contributed by atoms with Crippen LogP contribution in [-0.4, -0.2) is 10.9 Å². The molecular weight excluding hydrogens is 325 g/mol. The van der Waals surface area contributed by atoms with E-state index in [1.54, 1.807) is 30.5 Å². The largest absolute Gasteiger partial charge is 0.618 e. The van der Waals surface area contributed by atoms with Gasteiger partial charge in [0.1, 0.15) is 11.6 Å². The zero-order valence-corrected chi connectivity index (χ0v) is 13.1. The first kappa shape index (κ1) is 16.4. The summed E-state index contributed by atoms with van der Waals surface area (Å²) in [5.41, 5.74) is 0.764. The minimum atomic E-state index is -0.470. The van der Waals surface area contributed by atoms with Gasteiger partial charge in [0, 0.05) is 30.9 Å². The number of hydrogen-bond acceptors (Lipinski definition) is 4. The molecule has 6 nitrogen and oxygen atoms in total. The van der Waals surface area contributed by atoms with Crippen LogP contribution in [0.3, 0.4) is 0 Å². The molecule has 1 amide bonds. The summed E-state index contributed by atoms with van der Waals surface area (Å²) in [6.45, 7) is 0.220. The average molecular weight is 339 g/mol. The van der Waals surface area contributed by atoms with Gasteiger partial charge < -0.3 is 15.3 Å². The number of halogens is 1. The second-order valence-corrected chi connectivity index (χ2v) is 5.16. The van der Waals surface area contributed by atoms with Crippen LogP contribution < -0.4 is 14.8 Å². The third-order valence-corrected chi connectivity index (χ3v) is 3.34. The number of hydrogen-bond donors (Lipinski definition) is 1. The zero-order chi connectivity index (χ0) is 17.6. The van der Waals surface area contributed by atoms with E-state index in [4.69, 9.17) is 4.74 Å². The van der Waals surface area contributed by atoms with Crippen molar-refractivity contribution < 1.29 is 18.7 Å². The van der Waals surface area contributed by atoms with Crippen LogP contribution in [0, 0.1) is 11.0 Å². The van der Waals surface area contributed by atoms with Gasteiger partial charge in [-0.25, -0.2) is 9.37 Å². The fourth-order valence-corrected chi connectivity index (χ4v) is 2.08. The Kier molecular flexibility index (Phi) is 4.84. The number of rotatable bonds is 5. The Morgan fingerprint density at radius 3 is 2.64 bits per heavy atom. The van der Waals surface area contributed by atoms with E-state index < -0.39 is 5.91 Å². The summed E-state index contributed by atoms with van der Waals surface area (Å²) in [4.78, 5) is 16.1. The predicted molar refractivity (Wildman–Crippen MR) is 87.3 cm³/mol. The average Bonchev–Trinajstić information content (AvgIpc) is 2.63. The lowest BCUT2D eigenvalue weighted by Gasteiger charge is -2.07. The SMILES string of the molecule is O=C(NCc1ccc(Oc2ccc(F)cc2)nc1)c1cccc[n+]1[O-].